The molecule has 0 bridgehead atoms. The summed E-state index contributed by atoms with van der Waals surface area (Å²) in [5, 5.41) is 3.78. The summed E-state index contributed by atoms with van der Waals surface area (Å²) in [6.45, 7) is 4.68. The molecule has 1 aromatic heterocycles. The molecule has 3 aromatic rings. The van der Waals surface area contributed by atoms with Crippen LogP contribution >= 0.6 is 0 Å². The van der Waals surface area contributed by atoms with Crippen LogP contribution in [0.2, 0.25) is 0 Å². The Morgan fingerprint density at radius 1 is 1.08 bits per heavy atom. The van der Waals surface area contributed by atoms with E-state index in [0.717, 1.165) is 28.0 Å². The van der Waals surface area contributed by atoms with Crippen LogP contribution in [0.5, 0.6) is 11.5 Å². The van der Waals surface area contributed by atoms with Crippen LogP contribution in [0, 0.1) is 13.8 Å². The van der Waals surface area contributed by atoms with Gasteiger partial charge in [-0.25, -0.2) is 0 Å². The molecule has 0 saturated carbocycles. The smallest absolute Gasteiger partial charge is 0.253 e. The molecule has 2 aromatic carbocycles. The summed E-state index contributed by atoms with van der Waals surface area (Å²) in [6.07, 6.45) is 0. The number of benzene rings is 2. The van der Waals surface area contributed by atoms with Gasteiger partial charge in [0.25, 0.3) is 5.91 Å². The predicted molar refractivity (Wildman–Crippen MR) is 102 cm³/mol. The first-order valence-electron chi connectivity index (χ1n) is 8.50. The van der Waals surface area contributed by atoms with Gasteiger partial charge in [0.1, 0.15) is 18.1 Å². The number of hydrogen-bond donors (Lipinski definition) is 1. The Bertz CT molecular complexity index is 938. The minimum atomic E-state index is -0.152. The fraction of sp³-hybridized carbons (Fsp3) is 0.238. The second-order valence-electron chi connectivity index (χ2n) is 6.10. The van der Waals surface area contributed by atoms with Gasteiger partial charge in [0.2, 0.25) is 0 Å². The molecule has 134 valence electrons. The largest absolute Gasteiger partial charge is 0.497 e. The maximum atomic E-state index is 12.5. The number of methoxy groups -OCH3 is 1. The number of carbonyl (C=O) groups is 1. The Labute approximate surface area is 153 Å². The molecule has 0 aliphatic carbocycles. The second kappa shape index (κ2) is 7.87. The number of aryl methyl sites for hydroxylation is 2. The second-order valence-corrected chi connectivity index (χ2v) is 6.10. The first-order chi connectivity index (χ1) is 12.6. The van der Waals surface area contributed by atoms with Crippen LogP contribution in [-0.2, 0) is 0 Å². The molecule has 3 rings (SSSR count). The Kier molecular flexibility index (Phi) is 5.37. The Hall–Kier alpha value is -3.08. The Balaban J connectivity index is 1.63. The van der Waals surface area contributed by atoms with Crippen LogP contribution in [0.1, 0.15) is 21.6 Å². The van der Waals surface area contributed by atoms with Crippen molar-refractivity contribution < 1.29 is 14.3 Å². The highest BCUT2D eigenvalue weighted by Crippen LogP contribution is 2.21. The van der Waals surface area contributed by atoms with Gasteiger partial charge in [0.05, 0.1) is 30.4 Å². The van der Waals surface area contributed by atoms with E-state index < -0.39 is 0 Å². The van der Waals surface area contributed by atoms with E-state index in [1.165, 1.54) is 0 Å². The minimum Gasteiger partial charge on any atom is -0.497 e. The highest BCUT2D eigenvalue weighted by molar-refractivity contribution is 5.98. The van der Waals surface area contributed by atoms with E-state index in [0.29, 0.717) is 24.4 Å². The van der Waals surface area contributed by atoms with E-state index in [4.69, 9.17) is 9.47 Å². The number of carbonyl (C=O) groups excluding carboxylic acids is 1. The maximum Gasteiger partial charge on any atom is 0.253 e. The van der Waals surface area contributed by atoms with Crippen LogP contribution < -0.4 is 14.8 Å². The van der Waals surface area contributed by atoms with Crippen molar-refractivity contribution in [3.63, 3.8) is 0 Å². The average Bonchev–Trinajstić information content (AvgIpc) is 2.64. The summed E-state index contributed by atoms with van der Waals surface area (Å²) in [4.78, 5) is 17.0. The summed E-state index contributed by atoms with van der Waals surface area (Å²) >= 11 is 0. The fourth-order valence-corrected chi connectivity index (χ4v) is 2.73. The third-order valence-electron chi connectivity index (χ3n) is 4.11. The summed E-state index contributed by atoms with van der Waals surface area (Å²) in [5.41, 5.74) is 3.20. The van der Waals surface area contributed by atoms with Gasteiger partial charge in [-0.1, -0.05) is 12.1 Å². The third-order valence-corrected chi connectivity index (χ3v) is 4.11. The summed E-state index contributed by atoms with van der Waals surface area (Å²) < 4.78 is 10.9. The van der Waals surface area contributed by atoms with Crippen molar-refractivity contribution in [3.8, 4) is 11.5 Å². The monoisotopic (exact) mass is 350 g/mol. The molecule has 0 unspecified atom stereocenters. The lowest BCUT2D eigenvalue weighted by Crippen LogP contribution is -2.28. The van der Waals surface area contributed by atoms with Crippen molar-refractivity contribution in [1.29, 1.82) is 0 Å². The average molecular weight is 350 g/mol. The van der Waals surface area contributed by atoms with Crippen LogP contribution in [-0.4, -0.2) is 31.2 Å². The van der Waals surface area contributed by atoms with Gasteiger partial charge in [0, 0.05) is 11.5 Å². The molecule has 0 radical (unpaired) electrons. The summed E-state index contributed by atoms with van der Waals surface area (Å²) in [5.74, 6) is 1.40. The lowest BCUT2D eigenvalue weighted by atomic mass is 10.1. The van der Waals surface area contributed by atoms with Gasteiger partial charge in [-0.15, -0.1) is 0 Å². The number of hydrogen-bond acceptors (Lipinski definition) is 4. The van der Waals surface area contributed by atoms with Gasteiger partial charge < -0.3 is 14.8 Å². The summed E-state index contributed by atoms with van der Waals surface area (Å²) in [7, 11) is 1.62. The molecule has 5 nitrogen and oxygen atoms in total. The predicted octanol–water partition coefficient (Wildman–Crippen LogP) is 3.67. The molecule has 0 fully saturated rings. The van der Waals surface area contributed by atoms with Crippen molar-refractivity contribution in [1.82, 2.24) is 10.3 Å². The van der Waals surface area contributed by atoms with Crippen molar-refractivity contribution in [2.75, 3.05) is 20.3 Å². The van der Waals surface area contributed by atoms with Gasteiger partial charge in [-0.05, 0) is 49.7 Å². The topological polar surface area (TPSA) is 60.5 Å². The molecule has 5 heteroatoms. The van der Waals surface area contributed by atoms with E-state index in [1.54, 1.807) is 7.11 Å². The maximum absolute atomic E-state index is 12.5. The van der Waals surface area contributed by atoms with E-state index in [2.05, 4.69) is 10.3 Å². The highest BCUT2D eigenvalue weighted by Gasteiger charge is 2.12. The van der Waals surface area contributed by atoms with Crippen LogP contribution in [0.25, 0.3) is 10.9 Å². The van der Waals surface area contributed by atoms with Crippen LogP contribution in [0.4, 0.5) is 0 Å². The van der Waals surface area contributed by atoms with Crippen molar-refractivity contribution in [2.45, 2.75) is 13.8 Å². The van der Waals surface area contributed by atoms with Crippen LogP contribution in [0.15, 0.2) is 48.5 Å². The number of nitrogens with one attached hydrogen (secondary N) is 1. The fourth-order valence-electron chi connectivity index (χ4n) is 2.73. The van der Waals surface area contributed by atoms with Crippen molar-refractivity contribution in [2.24, 2.45) is 0 Å². The van der Waals surface area contributed by atoms with E-state index in [1.807, 2.05) is 62.4 Å². The van der Waals surface area contributed by atoms with Crippen molar-refractivity contribution >= 4 is 16.8 Å². The number of nitrogens with zero attached hydrogens (tertiary/aromatic N) is 1. The molecular formula is C21H22N2O3. The quantitative estimate of drug-likeness (QED) is 0.689. The van der Waals surface area contributed by atoms with E-state index in [-0.39, 0.29) is 5.91 Å². The third kappa shape index (κ3) is 4.11. The molecule has 0 aliphatic heterocycles. The molecular weight excluding hydrogens is 328 g/mol. The van der Waals surface area contributed by atoms with Gasteiger partial charge >= 0.3 is 0 Å². The molecule has 1 amide bonds. The lowest BCUT2D eigenvalue weighted by Gasteiger charge is -2.10. The highest BCUT2D eigenvalue weighted by atomic mass is 16.5. The number of fused-ring (bicyclic) bond motifs is 1. The first kappa shape index (κ1) is 17.7. The number of pyridine rings is 1. The van der Waals surface area contributed by atoms with Crippen LogP contribution in [0.3, 0.4) is 0 Å². The minimum absolute atomic E-state index is 0.152. The Morgan fingerprint density at radius 2 is 1.92 bits per heavy atom. The molecule has 26 heavy (non-hydrogen) atoms. The van der Waals surface area contributed by atoms with E-state index in [9.17, 15) is 4.79 Å². The lowest BCUT2D eigenvalue weighted by molar-refractivity contribution is 0.0946. The molecule has 0 atom stereocenters. The Morgan fingerprint density at radius 3 is 2.69 bits per heavy atom. The van der Waals surface area contributed by atoms with E-state index >= 15 is 0 Å². The molecule has 1 N–H and O–H groups in total. The SMILES string of the molecule is COc1ccc2cc(C(=O)NCCOc3cccc(C)c3)c(C)nc2c1. The standard InChI is InChI=1S/C21H22N2O3/c1-14-5-4-6-18(11-14)26-10-9-22-21(24)19-12-16-7-8-17(25-3)13-20(16)23-15(19)2/h4-8,11-13H,9-10H2,1-3H3,(H,22,24). The first-order valence-corrected chi connectivity index (χ1v) is 8.50. The number of aromatic nitrogens is 1. The number of ether oxygens (including phenoxy) is 2. The zero-order valence-electron chi connectivity index (χ0n) is 15.2. The van der Waals surface area contributed by atoms with Crippen molar-refractivity contribution in [3.05, 3.63) is 65.4 Å². The van der Waals surface area contributed by atoms with Gasteiger partial charge in [-0.3, -0.25) is 9.78 Å². The van der Waals surface area contributed by atoms with Gasteiger partial charge in [-0.2, -0.15) is 0 Å². The number of rotatable bonds is 6. The zero-order valence-corrected chi connectivity index (χ0v) is 15.2. The molecule has 1 heterocycles. The molecule has 0 saturated heterocycles. The number of amides is 1. The summed E-state index contributed by atoms with van der Waals surface area (Å²) in [6, 6.07) is 15.3. The van der Waals surface area contributed by atoms with Gasteiger partial charge in [0.15, 0.2) is 0 Å². The molecule has 0 aliphatic rings. The zero-order chi connectivity index (χ0) is 18.5. The molecule has 0 spiro atoms. The normalized spacial score (nSPS) is 10.6.